The van der Waals surface area contributed by atoms with Gasteiger partial charge in [0.2, 0.25) is 0 Å². The molecule has 0 aromatic heterocycles. The van der Waals surface area contributed by atoms with Crippen LogP contribution in [0.2, 0.25) is 0 Å². The van der Waals surface area contributed by atoms with Crippen LogP contribution in [0.1, 0.15) is 42.7 Å². The Morgan fingerprint density at radius 2 is 1.89 bits per heavy atom. The molecule has 3 aliphatic rings. The molecule has 3 aliphatic carbocycles. The number of fused-ring (bicyclic) bond motifs is 3. The molecule has 19 heavy (non-hydrogen) atoms. The Morgan fingerprint density at radius 1 is 0.947 bits per heavy atom. The Bertz CT molecular complexity index is 638. The first kappa shape index (κ1) is 11.0. The number of allylic oxidation sites excluding steroid dienone is 8. The van der Waals surface area contributed by atoms with Gasteiger partial charge in [0.1, 0.15) is 0 Å². The molecule has 1 saturated carbocycles. The van der Waals surface area contributed by atoms with Gasteiger partial charge in [0.15, 0.2) is 0 Å². The molecule has 0 spiro atoms. The fraction of sp³-hybridized carbons (Fsp3) is 0.263. The zero-order valence-electron chi connectivity index (χ0n) is 11.1. The Labute approximate surface area is 114 Å². The minimum absolute atomic E-state index is 0.635. The van der Waals surface area contributed by atoms with E-state index in [-0.39, 0.29) is 0 Å². The van der Waals surface area contributed by atoms with Gasteiger partial charge in [-0.15, -0.1) is 0 Å². The van der Waals surface area contributed by atoms with Gasteiger partial charge in [-0.3, -0.25) is 0 Å². The smallest absolute Gasteiger partial charge is 0.0104 e. The van der Waals surface area contributed by atoms with Crippen molar-refractivity contribution in [3.8, 4) is 0 Å². The number of benzene rings is 1. The SMILES string of the molecule is C1=C\C=C2\CCCCC3C2=C(\C=C/1)c1ccccc13. The molecule has 1 atom stereocenters. The molecule has 1 aromatic rings. The zero-order valence-corrected chi connectivity index (χ0v) is 11.1. The van der Waals surface area contributed by atoms with Crippen LogP contribution in [0.15, 0.2) is 65.8 Å². The third-order valence-electron chi connectivity index (χ3n) is 4.58. The van der Waals surface area contributed by atoms with Crippen LogP contribution >= 0.6 is 0 Å². The first-order valence-corrected chi connectivity index (χ1v) is 7.33. The van der Waals surface area contributed by atoms with E-state index in [0.717, 1.165) is 0 Å². The van der Waals surface area contributed by atoms with Gasteiger partial charge in [-0.25, -0.2) is 0 Å². The van der Waals surface area contributed by atoms with Crippen LogP contribution in [0.3, 0.4) is 0 Å². The van der Waals surface area contributed by atoms with Crippen molar-refractivity contribution in [1.82, 2.24) is 0 Å². The third-order valence-corrected chi connectivity index (χ3v) is 4.58. The quantitative estimate of drug-likeness (QED) is 0.593. The molecule has 0 heteroatoms. The van der Waals surface area contributed by atoms with Crippen LogP contribution in [0.25, 0.3) is 5.57 Å². The number of hydrogen-bond donors (Lipinski definition) is 0. The van der Waals surface area contributed by atoms with E-state index in [1.165, 1.54) is 36.8 Å². The molecule has 0 bridgehead atoms. The largest absolute Gasteiger partial charge is 0.0622 e. The Kier molecular flexibility index (Phi) is 2.55. The second-order valence-corrected chi connectivity index (χ2v) is 5.65. The van der Waals surface area contributed by atoms with Crippen molar-refractivity contribution in [2.24, 2.45) is 0 Å². The van der Waals surface area contributed by atoms with Gasteiger partial charge < -0.3 is 0 Å². The summed E-state index contributed by atoms with van der Waals surface area (Å²) >= 11 is 0. The molecule has 0 N–H and O–H groups in total. The summed E-state index contributed by atoms with van der Waals surface area (Å²) in [5.74, 6) is 0.635. The lowest BCUT2D eigenvalue weighted by atomic mass is 9.88. The Balaban J connectivity index is 1.99. The fourth-order valence-electron chi connectivity index (χ4n) is 3.77. The van der Waals surface area contributed by atoms with Crippen LogP contribution in [0.5, 0.6) is 0 Å². The maximum Gasteiger partial charge on any atom is 0.0104 e. The van der Waals surface area contributed by atoms with Crippen molar-refractivity contribution >= 4 is 5.57 Å². The van der Waals surface area contributed by atoms with Gasteiger partial charge in [-0.2, -0.15) is 0 Å². The maximum absolute atomic E-state index is 2.34. The lowest BCUT2D eigenvalue weighted by molar-refractivity contribution is 0.668. The summed E-state index contributed by atoms with van der Waals surface area (Å²) < 4.78 is 0. The zero-order chi connectivity index (χ0) is 12.7. The minimum Gasteiger partial charge on any atom is -0.0622 e. The normalized spacial score (nSPS) is 30.3. The van der Waals surface area contributed by atoms with E-state index in [9.17, 15) is 0 Å². The summed E-state index contributed by atoms with van der Waals surface area (Å²) in [5.41, 5.74) is 7.65. The number of rotatable bonds is 0. The highest BCUT2D eigenvalue weighted by molar-refractivity contribution is 5.88. The van der Waals surface area contributed by atoms with Crippen LogP contribution in [0, 0.1) is 0 Å². The van der Waals surface area contributed by atoms with Gasteiger partial charge in [0.05, 0.1) is 0 Å². The highest BCUT2D eigenvalue weighted by atomic mass is 14.4. The van der Waals surface area contributed by atoms with E-state index in [4.69, 9.17) is 0 Å². The van der Waals surface area contributed by atoms with E-state index in [0.29, 0.717) is 5.92 Å². The summed E-state index contributed by atoms with van der Waals surface area (Å²) in [7, 11) is 0. The average molecular weight is 246 g/mol. The van der Waals surface area contributed by atoms with Crippen LogP contribution in [0.4, 0.5) is 0 Å². The Hall–Kier alpha value is -1.82. The van der Waals surface area contributed by atoms with Gasteiger partial charge in [0, 0.05) is 5.92 Å². The molecule has 0 saturated heterocycles. The second kappa shape index (κ2) is 4.38. The van der Waals surface area contributed by atoms with E-state index in [2.05, 4.69) is 54.6 Å². The van der Waals surface area contributed by atoms with E-state index < -0.39 is 0 Å². The molecule has 94 valence electrons. The van der Waals surface area contributed by atoms with Crippen LogP contribution in [-0.2, 0) is 0 Å². The molecule has 1 unspecified atom stereocenters. The predicted octanol–water partition coefficient (Wildman–Crippen LogP) is 5.16. The van der Waals surface area contributed by atoms with E-state index >= 15 is 0 Å². The fourth-order valence-corrected chi connectivity index (χ4v) is 3.77. The summed E-state index contributed by atoms with van der Waals surface area (Å²) in [6.07, 6.45) is 16.4. The van der Waals surface area contributed by atoms with Gasteiger partial charge in [-0.1, -0.05) is 61.1 Å². The van der Waals surface area contributed by atoms with Crippen molar-refractivity contribution in [2.45, 2.75) is 31.6 Å². The van der Waals surface area contributed by atoms with E-state index in [1.54, 1.807) is 16.7 Å². The Morgan fingerprint density at radius 3 is 2.89 bits per heavy atom. The van der Waals surface area contributed by atoms with Crippen LogP contribution < -0.4 is 0 Å². The topological polar surface area (TPSA) is 0 Å². The van der Waals surface area contributed by atoms with E-state index in [1.807, 2.05) is 0 Å². The molecule has 1 fully saturated rings. The van der Waals surface area contributed by atoms with Gasteiger partial charge in [-0.05, 0) is 47.1 Å². The highest BCUT2D eigenvalue weighted by Gasteiger charge is 2.32. The minimum atomic E-state index is 0.635. The third kappa shape index (κ3) is 1.67. The molecular weight excluding hydrogens is 228 g/mol. The van der Waals surface area contributed by atoms with Crippen molar-refractivity contribution in [2.75, 3.05) is 0 Å². The molecule has 0 nitrogen and oxygen atoms in total. The first-order chi connectivity index (χ1) is 9.45. The molecular formula is C19H18. The lowest BCUT2D eigenvalue weighted by Crippen LogP contribution is -1.98. The van der Waals surface area contributed by atoms with Gasteiger partial charge >= 0.3 is 0 Å². The molecule has 0 aliphatic heterocycles. The monoisotopic (exact) mass is 246 g/mol. The number of hydrogen-bond acceptors (Lipinski definition) is 0. The van der Waals surface area contributed by atoms with Crippen molar-refractivity contribution in [3.05, 3.63) is 76.9 Å². The maximum atomic E-state index is 2.34. The standard InChI is InChI=1S/C19H18/c1-2-8-14-9-4-5-13-18-16-11-7-6-10-15(16)17(12-3-1)19(14)18/h1-3,6-8,10-12,18H,4-5,9,13H2/b2-1-,3-1?,8-2?,12-3-,14-8-,17-12?. The lowest BCUT2D eigenvalue weighted by Gasteiger charge is -2.15. The summed E-state index contributed by atoms with van der Waals surface area (Å²) in [5, 5.41) is 0. The molecule has 4 rings (SSSR count). The van der Waals surface area contributed by atoms with Crippen molar-refractivity contribution in [3.63, 3.8) is 0 Å². The summed E-state index contributed by atoms with van der Waals surface area (Å²) in [6.45, 7) is 0. The summed E-state index contributed by atoms with van der Waals surface area (Å²) in [6, 6.07) is 8.98. The molecule has 0 heterocycles. The molecule has 1 aromatic carbocycles. The molecule has 0 amide bonds. The van der Waals surface area contributed by atoms with Crippen LogP contribution in [-0.4, -0.2) is 0 Å². The van der Waals surface area contributed by atoms with Crippen molar-refractivity contribution in [1.29, 1.82) is 0 Å². The second-order valence-electron chi connectivity index (χ2n) is 5.65. The van der Waals surface area contributed by atoms with Gasteiger partial charge in [0.25, 0.3) is 0 Å². The summed E-state index contributed by atoms with van der Waals surface area (Å²) in [4.78, 5) is 0. The molecule has 0 radical (unpaired) electrons. The average Bonchev–Trinajstić information content (AvgIpc) is 2.58. The first-order valence-electron chi connectivity index (χ1n) is 7.33. The predicted molar refractivity (Wildman–Crippen MR) is 80.9 cm³/mol. The highest BCUT2D eigenvalue weighted by Crippen LogP contribution is 2.50. The van der Waals surface area contributed by atoms with Crippen molar-refractivity contribution < 1.29 is 0 Å².